The zero-order chi connectivity index (χ0) is 26.3. The molecule has 0 saturated carbocycles. The summed E-state index contributed by atoms with van der Waals surface area (Å²) in [4.78, 5) is 11.3. The molecule has 1 aromatic heterocycles. The third-order valence-corrected chi connectivity index (χ3v) is 6.21. The van der Waals surface area contributed by atoms with Crippen LogP contribution in [-0.2, 0) is 27.4 Å². The summed E-state index contributed by atoms with van der Waals surface area (Å²) in [6.45, 7) is 10.7. The summed E-state index contributed by atoms with van der Waals surface area (Å²) in [7, 11) is 5.20. The normalized spacial score (nSPS) is 12.6. The van der Waals surface area contributed by atoms with Crippen molar-refractivity contribution in [3.05, 3.63) is 64.3 Å². The number of benzene rings is 1. The molecule has 1 unspecified atom stereocenters. The van der Waals surface area contributed by atoms with Crippen molar-refractivity contribution >= 4 is 24.3 Å². The molecular formula is C29H42N4O3. The van der Waals surface area contributed by atoms with Gasteiger partial charge in [-0.2, -0.15) is 5.10 Å². The Hall–Kier alpha value is -3.28. The van der Waals surface area contributed by atoms with Gasteiger partial charge in [-0.25, -0.2) is 0 Å². The van der Waals surface area contributed by atoms with Crippen molar-refractivity contribution in [3.63, 3.8) is 0 Å². The molecule has 36 heavy (non-hydrogen) atoms. The number of carbonyl (C=O) groups is 1. The number of methoxy groups -OCH3 is 2. The second-order valence-electron chi connectivity index (χ2n) is 8.96. The van der Waals surface area contributed by atoms with Crippen molar-refractivity contribution in [2.75, 3.05) is 39.3 Å². The zero-order valence-electron chi connectivity index (χ0n) is 22.7. The molecule has 1 N–H and O–H groups in total. The molecule has 1 aliphatic carbocycles. The van der Waals surface area contributed by atoms with E-state index in [4.69, 9.17) is 14.6 Å². The SMILES string of the molecule is CCCn1nc(CNCCC(CC)CN(C)c2ccc(C)cc2)c2c1C=C(OC)C=C=C2.COC=O. The number of allylic oxidation sites excluding steroid dienone is 1. The average Bonchev–Trinajstić information content (AvgIpc) is 3.06. The first-order valence-electron chi connectivity index (χ1n) is 12.7. The van der Waals surface area contributed by atoms with Crippen molar-refractivity contribution in [1.82, 2.24) is 15.1 Å². The van der Waals surface area contributed by atoms with E-state index in [2.05, 4.69) is 83.5 Å². The van der Waals surface area contributed by atoms with Crippen molar-refractivity contribution in [2.45, 2.75) is 53.1 Å². The molecule has 0 bridgehead atoms. The van der Waals surface area contributed by atoms with E-state index in [-0.39, 0.29) is 0 Å². The summed E-state index contributed by atoms with van der Waals surface area (Å²) in [6.07, 6.45) is 9.33. The lowest BCUT2D eigenvalue weighted by molar-refractivity contribution is -0.126. The topological polar surface area (TPSA) is 68.6 Å². The molecule has 1 aliphatic rings. The number of anilines is 1. The minimum Gasteiger partial charge on any atom is -0.496 e. The summed E-state index contributed by atoms with van der Waals surface area (Å²) in [5.41, 5.74) is 9.14. The highest BCUT2D eigenvalue weighted by Gasteiger charge is 2.16. The Morgan fingerprint density at radius 3 is 2.53 bits per heavy atom. The first-order valence-corrected chi connectivity index (χ1v) is 12.7. The largest absolute Gasteiger partial charge is 0.496 e. The molecule has 3 rings (SSSR count). The lowest BCUT2D eigenvalue weighted by atomic mass is 10.0. The smallest absolute Gasteiger partial charge is 0.292 e. The van der Waals surface area contributed by atoms with Crippen LogP contribution in [0, 0.1) is 12.8 Å². The maximum atomic E-state index is 8.95. The van der Waals surface area contributed by atoms with Gasteiger partial charge in [0.25, 0.3) is 6.47 Å². The molecule has 7 nitrogen and oxygen atoms in total. The second kappa shape index (κ2) is 15.7. The first kappa shape index (κ1) is 29.0. The van der Waals surface area contributed by atoms with Crippen LogP contribution in [0.15, 0.2) is 41.8 Å². The number of rotatable bonds is 13. The van der Waals surface area contributed by atoms with E-state index < -0.39 is 0 Å². The van der Waals surface area contributed by atoms with Gasteiger partial charge in [0.05, 0.1) is 25.6 Å². The van der Waals surface area contributed by atoms with Gasteiger partial charge in [0, 0.05) is 50.1 Å². The van der Waals surface area contributed by atoms with Gasteiger partial charge >= 0.3 is 0 Å². The van der Waals surface area contributed by atoms with E-state index in [0.717, 1.165) is 61.7 Å². The zero-order valence-corrected chi connectivity index (χ0v) is 22.7. The average molecular weight is 495 g/mol. The fourth-order valence-electron chi connectivity index (χ4n) is 4.09. The van der Waals surface area contributed by atoms with E-state index in [1.54, 1.807) is 7.11 Å². The number of nitrogens with zero attached hydrogens (tertiary/aromatic N) is 3. The number of hydrogen-bond donors (Lipinski definition) is 1. The number of hydrogen-bond acceptors (Lipinski definition) is 6. The van der Waals surface area contributed by atoms with E-state index in [1.165, 1.54) is 24.8 Å². The number of ether oxygens (including phenoxy) is 2. The van der Waals surface area contributed by atoms with Gasteiger partial charge in [0.15, 0.2) is 0 Å². The maximum Gasteiger partial charge on any atom is 0.292 e. The van der Waals surface area contributed by atoms with Crippen LogP contribution in [0.4, 0.5) is 5.69 Å². The highest BCUT2D eigenvalue weighted by Crippen LogP contribution is 2.23. The van der Waals surface area contributed by atoms with Crippen LogP contribution >= 0.6 is 0 Å². The van der Waals surface area contributed by atoms with Crippen molar-refractivity contribution < 1.29 is 14.3 Å². The Morgan fingerprint density at radius 2 is 1.92 bits per heavy atom. The lowest BCUT2D eigenvalue weighted by Crippen LogP contribution is -2.28. The van der Waals surface area contributed by atoms with Crippen molar-refractivity contribution in [3.8, 4) is 0 Å². The monoisotopic (exact) mass is 494 g/mol. The Kier molecular flexibility index (Phi) is 12.6. The van der Waals surface area contributed by atoms with E-state index in [0.29, 0.717) is 12.4 Å². The Morgan fingerprint density at radius 1 is 1.19 bits per heavy atom. The molecule has 7 heteroatoms. The van der Waals surface area contributed by atoms with Crippen LogP contribution in [0.25, 0.3) is 12.2 Å². The van der Waals surface area contributed by atoms with Gasteiger partial charge in [-0.15, -0.1) is 5.73 Å². The summed E-state index contributed by atoms with van der Waals surface area (Å²) < 4.78 is 11.4. The van der Waals surface area contributed by atoms with Gasteiger partial charge in [-0.05, 0) is 50.4 Å². The maximum absolute atomic E-state index is 8.95. The van der Waals surface area contributed by atoms with Crippen molar-refractivity contribution in [1.29, 1.82) is 0 Å². The number of carbonyl (C=O) groups excluding carboxylic acids is 1. The van der Waals surface area contributed by atoms with Crippen LogP contribution in [0.5, 0.6) is 0 Å². The van der Waals surface area contributed by atoms with Crippen LogP contribution in [-0.4, -0.2) is 50.6 Å². The standard InChI is InChI=1S/C27H38N4O.C2H4O2/c1-6-17-31-27-18-24(32-5)9-8-10-25(27)26(29-31)19-28-16-15-22(7-2)20-30(4)23-13-11-21(3)12-14-23;1-4-2-3/h9-14,18,22,28H,6-7,15-17,19-20H2,1-5H3;2H,1H3. The molecule has 1 heterocycles. The van der Waals surface area contributed by atoms with Crippen LogP contribution in [0.3, 0.4) is 0 Å². The highest BCUT2D eigenvalue weighted by atomic mass is 16.5. The predicted octanol–water partition coefficient (Wildman–Crippen LogP) is 5.20. The lowest BCUT2D eigenvalue weighted by Gasteiger charge is -2.25. The van der Waals surface area contributed by atoms with Crippen molar-refractivity contribution in [2.24, 2.45) is 5.92 Å². The van der Waals surface area contributed by atoms with Gasteiger partial charge < -0.3 is 19.7 Å². The number of aromatic nitrogens is 2. The molecule has 0 aliphatic heterocycles. The van der Waals surface area contributed by atoms with Crippen LogP contribution in [0.1, 0.15) is 55.6 Å². The number of fused-ring (bicyclic) bond motifs is 1. The van der Waals surface area contributed by atoms with E-state index in [1.807, 2.05) is 12.2 Å². The quantitative estimate of drug-likeness (QED) is 0.234. The Balaban J connectivity index is 0.00000106. The molecule has 1 atom stereocenters. The molecule has 196 valence electrons. The molecule has 1 aromatic carbocycles. The summed E-state index contributed by atoms with van der Waals surface area (Å²) in [6, 6.07) is 8.79. The van der Waals surface area contributed by atoms with Gasteiger partial charge in [0.1, 0.15) is 5.76 Å². The highest BCUT2D eigenvalue weighted by molar-refractivity contribution is 5.68. The minimum absolute atomic E-state index is 0.375. The fraction of sp³-hybridized carbons (Fsp3) is 0.483. The minimum atomic E-state index is 0.375. The van der Waals surface area contributed by atoms with Gasteiger partial charge in [0.2, 0.25) is 0 Å². The Bertz CT molecular complexity index is 1030. The van der Waals surface area contributed by atoms with E-state index >= 15 is 0 Å². The predicted molar refractivity (Wildman–Crippen MR) is 148 cm³/mol. The third-order valence-electron chi connectivity index (χ3n) is 6.21. The van der Waals surface area contributed by atoms with Crippen LogP contribution < -0.4 is 10.2 Å². The van der Waals surface area contributed by atoms with Gasteiger partial charge in [-0.1, -0.05) is 38.0 Å². The number of aryl methyl sites for hydroxylation is 2. The molecule has 0 spiro atoms. The molecule has 0 fully saturated rings. The molecule has 0 saturated heterocycles. The summed E-state index contributed by atoms with van der Waals surface area (Å²) in [5, 5.41) is 8.52. The third kappa shape index (κ3) is 8.74. The van der Waals surface area contributed by atoms with Crippen LogP contribution in [0.2, 0.25) is 0 Å². The number of nitrogens with one attached hydrogen (secondary N) is 1. The Labute approximate surface area is 216 Å². The van der Waals surface area contributed by atoms with Gasteiger partial charge in [-0.3, -0.25) is 9.48 Å². The molecular weight excluding hydrogens is 452 g/mol. The molecule has 0 radical (unpaired) electrons. The van der Waals surface area contributed by atoms with E-state index in [9.17, 15) is 0 Å². The fourth-order valence-corrected chi connectivity index (χ4v) is 4.09. The summed E-state index contributed by atoms with van der Waals surface area (Å²) >= 11 is 0. The first-order chi connectivity index (χ1) is 17.5. The molecule has 0 amide bonds. The summed E-state index contributed by atoms with van der Waals surface area (Å²) in [5.74, 6) is 1.46. The second-order valence-corrected chi connectivity index (χ2v) is 8.96. The molecule has 2 aromatic rings.